The zero-order valence-electron chi connectivity index (χ0n) is 17.8. The number of carbonyl (C=O) groups is 1. The van der Waals surface area contributed by atoms with Crippen molar-refractivity contribution in [3.8, 4) is 0 Å². The molecule has 158 valence electrons. The first-order valence-corrected chi connectivity index (χ1v) is 11.1. The molecule has 2 aliphatic carbocycles. The van der Waals surface area contributed by atoms with E-state index in [1.54, 1.807) is 18.6 Å². The Kier molecular flexibility index (Phi) is 8.37. The largest absolute Gasteiger partial charge is 0.309 e. The van der Waals surface area contributed by atoms with Crippen molar-refractivity contribution >= 4 is 18.5 Å². The number of allylic oxidation sites excluding steroid dienone is 4. The van der Waals surface area contributed by atoms with Crippen LogP contribution in [0.4, 0.5) is 0 Å². The minimum atomic E-state index is 0.0582. The molecule has 0 spiro atoms. The van der Waals surface area contributed by atoms with Gasteiger partial charge in [0.2, 0.25) is 5.91 Å². The molecule has 0 atom stereocenters. The molecular weight excluding hydrogens is 370 g/mol. The van der Waals surface area contributed by atoms with Crippen molar-refractivity contribution in [2.45, 2.75) is 57.8 Å². The number of rotatable bonds is 9. The fraction of sp³-hybridized carbons (Fsp3) is 0.423. The summed E-state index contributed by atoms with van der Waals surface area (Å²) in [5.41, 5.74) is 2.73. The molecule has 1 fully saturated rings. The summed E-state index contributed by atoms with van der Waals surface area (Å²) in [6, 6.07) is 10.2. The third-order valence-corrected chi connectivity index (χ3v) is 6.24. The summed E-state index contributed by atoms with van der Waals surface area (Å²) in [5.74, 6) is 0.114. The predicted octanol–water partition coefficient (Wildman–Crippen LogP) is 5.87. The molecule has 0 bridgehead atoms. The maximum absolute atomic E-state index is 13.2. The molecule has 0 radical (unpaired) electrons. The lowest BCUT2D eigenvalue weighted by molar-refractivity contribution is -0.128. The van der Waals surface area contributed by atoms with Crippen LogP contribution in [0.2, 0.25) is 0 Å². The molecule has 1 amide bonds. The van der Waals surface area contributed by atoms with Crippen LogP contribution in [0.25, 0.3) is 0 Å². The summed E-state index contributed by atoms with van der Waals surface area (Å²) in [6.07, 6.45) is 22.1. The van der Waals surface area contributed by atoms with Crippen LogP contribution in [0, 0.1) is 10.8 Å². The quantitative estimate of drug-likeness (QED) is 0.407. The van der Waals surface area contributed by atoms with Crippen molar-refractivity contribution in [3.05, 3.63) is 72.0 Å². The minimum Gasteiger partial charge on any atom is -0.309 e. The molecule has 30 heavy (non-hydrogen) atoms. The monoisotopic (exact) mass is 403 g/mol. The number of hydrogen-bond donors (Lipinski definition) is 1. The zero-order chi connectivity index (χ0) is 21.1. The van der Waals surface area contributed by atoms with Crippen LogP contribution in [0.5, 0.6) is 0 Å². The Labute approximate surface area is 180 Å². The second kappa shape index (κ2) is 11.4. The molecule has 0 aromatic heterocycles. The molecular formula is C26H33N3O. The lowest BCUT2D eigenvalue weighted by Gasteiger charge is -2.42. The Morgan fingerprint density at radius 3 is 2.67 bits per heavy atom. The number of hydrogen-bond acceptors (Lipinski definition) is 3. The van der Waals surface area contributed by atoms with Gasteiger partial charge in [0.15, 0.2) is 0 Å². The van der Waals surface area contributed by atoms with Crippen LogP contribution in [-0.4, -0.2) is 29.9 Å². The third-order valence-electron chi connectivity index (χ3n) is 6.24. The zero-order valence-corrected chi connectivity index (χ0v) is 17.8. The van der Waals surface area contributed by atoms with Gasteiger partial charge in [0, 0.05) is 30.8 Å². The fourth-order valence-corrected chi connectivity index (χ4v) is 4.62. The van der Waals surface area contributed by atoms with E-state index in [-0.39, 0.29) is 11.3 Å². The Morgan fingerprint density at radius 1 is 1.17 bits per heavy atom. The van der Waals surface area contributed by atoms with Crippen molar-refractivity contribution in [1.29, 1.82) is 5.41 Å². The van der Waals surface area contributed by atoms with Crippen molar-refractivity contribution in [2.24, 2.45) is 10.4 Å². The number of aryl methyl sites for hydroxylation is 1. The van der Waals surface area contributed by atoms with E-state index in [0.29, 0.717) is 13.0 Å². The summed E-state index contributed by atoms with van der Waals surface area (Å²) >= 11 is 0. The summed E-state index contributed by atoms with van der Waals surface area (Å²) in [7, 11) is 0. The molecule has 0 saturated heterocycles. The lowest BCUT2D eigenvalue weighted by atomic mass is 9.66. The Bertz CT molecular complexity index is 814. The first-order chi connectivity index (χ1) is 14.7. The second-order valence-corrected chi connectivity index (χ2v) is 8.28. The molecule has 1 aromatic carbocycles. The van der Waals surface area contributed by atoms with E-state index in [2.05, 4.69) is 35.4 Å². The second-order valence-electron chi connectivity index (χ2n) is 8.28. The highest BCUT2D eigenvalue weighted by atomic mass is 16.2. The number of aliphatic imine (C=N–C) groups is 1. The number of nitrogens with one attached hydrogen (secondary N) is 1. The van der Waals surface area contributed by atoms with Gasteiger partial charge in [0.1, 0.15) is 0 Å². The van der Waals surface area contributed by atoms with Crippen molar-refractivity contribution in [1.82, 2.24) is 4.90 Å². The van der Waals surface area contributed by atoms with Gasteiger partial charge in [-0.25, -0.2) is 4.99 Å². The van der Waals surface area contributed by atoms with Gasteiger partial charge < -0.3 is 10.3 Å². The molecule has 4 nitrogen and oxygen atoms in total. The Morgan fingerprint density at radius 2 is 1.97 bits per heavy atom. The molecule has 2 aliphatic rings. The van der Waals surface area contributed by atoms with E-state index in [4.69, 9.17) is 5.41 Å². The SMILES string of the molecule is N=C/C=C\N=C\N(CC1(C2=CC=CCC2)CCCCC1)C(=O)CCc1ccccc1. The number of benzene rings is 1. The van der Waals surface area contributed by atoms with E-state index < -0.39 is 0 Å². The van der Waals surface area contributed by atoms with E-state index in [1.807, 2.05) is 23.1 Å². The lowest BCUT2D eigenvalue weighted by Crippen LogP contribution is -2.43. The number of nitrogens with zero attached hydrogens (tertiary/aromatic N) is 2. The van der Waals surface area contributed by atoms with Crippen molar-refractivity contribution in [2.75, 3.05) is 6.54 Å². The standard InChI is InChI=1S/C26H33N3O/c27-19-10-20-28-22-29(25(30)16-15-23-11-4-1-5-12-23)21-26(17-8-3-9-18-26)24-13-6-2-7-14-24/h1-2,4-6,10-13,19-20,22,27H,3,7-9,14-18,21H2/b20-10-,27-19?,28-22+. The van der Waals surface area contributed by atoms with E-state index >= 15 is 0 Å². The van der Waals surface area contributed by atoms with Crippen LogP contribution in [-0.2, 0) is 11.2 Å². The molecule has 0 unspecified atom stereocenters. The van der Waals surface area contributed by atoms with Gasteiger partial charge >= 0.3 is 0 Å². The molecule has 1 saturated carbocycles. The maximum atomic E-state index is 13.2. The van der Waals surface area contributed by atoms with Crippen LogP contribution < -0.4 is 0 Å². The smallest absolute Gasteiger partial charge is 0.228 e. The molecule has 1 N–H and O–H groups in total. The first-order valence-electron chi connectivity index (χ1n) is 11.1. The summed E-state index contributed by atoms with van der Waals surface area (Å²) in [4.78, 5) is 19.3. The molecule has 4 heteroatoms. The Balaban J connectivity index is 1.78. The highest BCUT2D eigenvalue weighted by Crippen LogP contribution is 2.45. The van der Waals surface area contributed by atoms with Crippen molar-refractivity contribution < 1.29 is 4.79 Å². The average molecular weight is 404 g/mol. The first kappa shape index (κ1) is 21.9. The van der Waals surface area contributed by atoms with Crippen LogP contribution in [0.3, 0.4) is 0 Å². The number of amides is 1. The van der Waals surface area contributed by atoms with Gasteiger partial charge in [-0.1, -0.05) is 73.4 Å². The minimum absolute atomic E-state index is 0.0582. The maximum Gasteiger partial charge on any atom is 0.228 e. The summed E-state index contributed by atoms with van der Waals surface area (Å²) in [6.45, 7) is 0.697. The third kappa shape index (κ3) is 6.12. The molecule has 0 heterocycles. The van der Waals surface area contributed by atoms with Gasteiger partial charge in [0.05, 0.1) is 6.34 Å². The van der Waals surface area contributed by atoms with Crippen LogP contribution >= 0.6 is 0 Å². The molecule has 0 aliphatic heterocycles. The molecule has 3 rings (SSSR count). The Hall–Kier alpha value is -2.75. The van der Waals surface area contributed by atoms with E-state index in [0.717, 1.165) is 32.1 Å². The summed E-state index contributed by atoms with van der Waals surface area (Å²) in [5, 5.41) is 7.12. The predicted molar refractivity (Wildman–Crippen MR) is 125 cm³/mol. The van der Waals surface area contributed by atoms with Gasteiger partial charge in [-0.3, -0.25) is 4.79 Å². The van der Waals surface area contributed by atoms with Crippen LogP contribution in [0.15, 0.2) is 71.4 Å². The van der Waals surface area contributed by atoms with Gasteiger partial charge in [0.25, 0.3) is 0 Å². The van der Waals surface area contributed by atoms with Crippen molar-refractivity contribution in [3.63, 3.8) is 0 Å². The highest BCUT2D eigenvalue weighted by Gasteiger charge is 2.38. The highest BCUT2D eigenvalue weighted by molar-refractivity contribution is 5.88. The summed E-state index contributed by atoms with van der Waals surface area (Å²) < 4.78 is 0. The van der Waals surface area contributed by atoms with Gasteiger partial charge in [-0.05, 0) is 43.7 Å². The van der Waals surface area contributed by atoms with Gasteiger partial charge in [-0.2, -0.15) is 0 Å². The molecule has 1 aromatic rings. The normalized spacial score (nSPS) is 18.5. The fourth-order valence-electron chi connectivity index (χ4n) is 4.62. The topological polar surface area (TPSA) is 56.5 Å². The van der Waals surface area contributed by atoms with E-state index in [1.165, 1.54) is 36.6 Å². The average Bonchev–Trinajstić information content (AvgIpc) is 2.81. The van der Waals surface area contributed by atoms with Gasteiger partial charge in [-0.15, -0.1) is 0 Å². The van der Waals surface area contributed by atoms with Crippen LogP contribution in [0.1, 0.15) is 56.9 Å². The van der Waals surface area contributed by atoms with E-state index in [9.17, 15) is 4.79 Å². The number of carbonyl (C=O) groups excluding carboxylic acids is 1.